The molecule has 0 aliphatic heterocycles. The van der Waals surface area contributed by atoms with E-state index < -0.39 is 0 Å². The van der Waals surface area contributed by atoms with E-state index in [1.54, 1.807) is 7.11 Å². The van der Waals surface area contributed by atoms with E-state index in [0.717, 1.165) is 0 Å². The van der Waals surface area contributed by atoms with Crippen LogP contribution in [0.4, 0.5) is 0 Å². The van der Waals surface area contributed by atoms with Crippen molar-refractivity contribution >= 4 is 0 Å². The third-order valence-corrected chi connectivity index (χ3v) is 3.37. The highest BCUT2D eigenvalue weighted by molar-refractivity contribution is 5.31. The molecule has 20 heavy (non-hydrogen) atoms. The first kappa shape index (κ1) is 14.7. The van der Waals surface area contributed by atoms with Crippen LogP contribution in [0.15, 0.2) is 22.7 Å². The number of aryl methyl sites for hydroxylation is 2. The first-order valence-electron chi connectivity index (χ1n) is 6.73. The van der Waals surface area contributed by atoms with Crippen molar-refractivity contribution in [2.75, 3.05) is 13.7 Å². The normalized spacial score (nSPS) is 12.6. The maximum Gasteiger partial charge on any atom is 0.243 e. The second-order valence-electron chi connectivity index (χ2n) is 5.03. The number of methoxy groups -OCH3 is 1. The Bertz CT molecular complexity index is 566. The molecule has 2 aromatic rings. The minimum atomic E-state index is -0.268. The molecule has 2 rings (SSSR count). The molecule has 0 aliphatic carbocycles. The number of hydrogen-bond donors (Lipinski definition) is 1. The van der Waals surface area contributed by atoms with Gasteiger partial charge in [0.05, 0.1) is 6.04 Å². The van der Waals surface area contributed by atoms with Crippen molar-refractivity contribution in [3.8, 4) is 0 Å². The van der Waals surface area contributed by atoms with Gasteiger partial charge >= 0.3 is 0 Å². The van der Waals surface area contributed by atoms with Crippen molar-refractivity contribution in [1.29, 1.82) is 0 Å². The van der Waals surface area contributed by atoms with Crippen LogP contribution >= 0.6 is 0 Å². The largest absolute Gasteiger partial charge is 0.385 e. The second kappa shape index (κ2) is 6.63. The molecule has 1 heterocycles. The van der Waals surface area contributed by atoms with E-state index in [1.807, 2.05) is 0 Å². The van der Waals surface area contributed by atoms with E-state index >= 15 is 0 Å². The van der Waals surface area contributed by atoms with Crippen LogP contribution in [0.25, 0.3) is 0 Å². The van der Waals surface area contributed by atoms with E-state index in [2.05, 4.69) is 42.2 Å². The predicted octanol–water partition coefficient (Wildman–Crippen LogP) is 2.31. The predicted molar refractivity (Wildman–Crippen MR) is 76.4 cm³/mol. The van der Waals surface area contributed by atoms with E-state index in [-0.39, 0.29) is 6.04 Å². The maximum atomic E-state index is 5.96. The number of nitrogens with zero attached hydrogens (tertiary/aromatic N) is 2. The zero-order valence-electron chi connectivity index (χ0n) is 12.2. The quantitative estimate of drug-likeness (QED) is 0.875. The summed E-state index contributed by atoms with van der Waals surface area (Å²) in [4.78, 5) is 4.35. The van der Waals surface area contributed by atoms with Gasteiger partial charge in [0, 0.05) is 20.1 Å². The lowest BCUT2D eigenvalue weighted by Crippen LogP contribution is -2.13. The Morgan fingerprint density at radius 1 is 1.30 bits per heavy atom. The summed E-state index contributed by atoms with van der Waals surface area (Å²) in [6.45, 7) is 4.78. The van der Waals surface area contributed by atoms with Gasteiger partial charge < -0.3 is 15.0 Å². The van der Waals surface area contributed by atoms with E-state index in [1.165, 1.54) is 16.7 Å². The van der Waals surface area contributed by atoms with Gasteiger partial charge in [-0.3, -0.25) is 0 Å². The second-order valence-corrected chi connectivity index (χ2v) is 5.03. The molecule has 2 N–H and O–H groups in total. The van der Waals surface area contributed by atoms with Gasteiger partial charge in [-0.15, -0.1) is 0 Å². The van der Waals surface area contributed by atoms with Crippen LogP contribution in [0.3, 0.4) is 0 Å². The summed E-state index contributed by atoms with van der Waals surface area (Å²) < 4.78 is 10.2. The highest BCUT2D eigenvalue weighted by Gasteiger charge is 2.14. The first-order chi connectivity index (χ1) is 9.60. The molecule has 0 spiro atoms. The van der Waals surface area contributed by atoms with Gasteiger partial charge in [0.1, 0.15) is 0 Å². The molecule has 5 heteroatoms. The number of benzene rings is 1. The summed E-state index contributed by atoms with van der Waals surface area (Å²) in [5.74, 6) is 1.14. The zero-order valence-corrected chi connectivity index (χ0v) is 12.2. The van der Waals surface area contributed by atoms with Gasteiger partial charge in [0.25, 0.3) is 0 Å². The molecule has 1 aromatic heterocycles. The third-order valence-electron chi connectivity index (χ3n) is 3.37. The lowest BCUT2D eigenvalue weighted by atomic mass is 10.0. The Morgan fingerprint density at radius 3 is 2.80 bits per heavy atom. The summed E-state index contributed by atoms with van der Waals surface area (Å²) in [6, 6.07) is 6.08. The molecule has 0 bridgehead atoms. The van der Waals surface area contributed by atoms with Crippen LogP contribution in [0, 0.1) is 13.8 Å². The number of hydrogen-bond acceptors (Lipinski definition) is 5. The molecular weight excluding hydrogens is 254 g/mol. The third kappa shape index (κ3) is 3.65. The van der Waals surface area contributed by atoms with Gasteiger partial charge in [-0.2, -0.15) is 4.98 Å². The molecule has 0 saturated heterocycles. The SMILES string of the molecule is COCCC(N)c1nc(Cc2ccc(C)c(C)c2)no1. The summed E-state index contributed by atoms with van der Waals surface area (Å²) in [5.41, 5.74) is 9.68. The minimum Gasteiger partial charge on any atom is -0.385 e. The molecule has 0 fully saturated rings. The van der Waals surface area contributed by atoms with Crippen LogP contribution in [0.1, 0.15) is 40.9 Å². The molecule has 1 atom stereocenters. The zero-order chi connectivity index (χ0) is 14.5. The summed E-state index contributed by atoms with van der Waals surface area (Å²) in [5, 5.41) is 3.99. The Labute approximate surface area is 119 Å². The molecule has 1 aromatic carbocycles. The Kier molecular flexibility index (Phi) is 4.87. The molecule has 0 aliphatic rings. The van der Waals surface area contributed by atoms with Crippen molar-refractivity contribution in [1.82, 2.24) is 10.1 Å². The number of nitrogens with two attached hydrogens (primary N) is 1. The van der Waals surface area contributed by atoms with Crippen molar-refractivity contribution in [2.24, 2.45) is 5.73 Å². The smallest absolute Gasteiger partial charge is 0.243 e. The molecule has 0 saturated carbocycles. The lowest BCUT2D eigenvalue weighted by Gasteiger charge is -2.04. The van der Waals surface area contributed by atoms with Gasteiger partial charge in [0.2, 0.25) is 5.89 Å². The van der Waals surface area contributed by atoms with Crippen molar-refractivity contribution in [2.45, 2.75) is 32.7 Å². The molecule has 0 amide bonds. The number of ether oxygens (including phenoxy) is 1. The minimum absolute atomic E-state index is 0.268. The topological polar surface area (TPSA) is 74.2 Å². The number of rotatable bonds is 6. The lowest BCUT2D eigenvalue weighted by molar-refractivity contribution is 0.182. The van der Waals surface area contributed by atoms with Gasteiger partial charge in [-0.1, -0.05) is 23.4 Å². The fourth-order valence-corrected chi connectivity index (χ4v) is 1.95. The summed E-state index contributed by atoms with van der Waals surface area (Å²) in [7, 11) is 1.64. The Balaban J connectivity index is 2.03. The molecular formula is C15H21N3O2. The van der Waals surface area contributed by atoms with Crippen LogP contribution in [-0.4, -0.2) is 23.9 Å². The summed E-state index contributed by atoms with van der Waals surface area (Å²) in [6.07, 6.45) is 1.32. The van der Waals surface area contributed by atoms with Gasteiger partial charge in [-0.25, -0.2) is 0 Å². The highest BCUT2D eigenvalue weighted by atomic mass is 16.5. The first-order valence-corrected chi connectivity index (χ1v) is 6.73. The van der Waals surface area contributed by atoms with E-state index in [0.29, 0.717) is 31.2 Å². The molecule has 5 nitrogen and oxygen atoms in total. The van der Waals surface area contributed by atoms with Gasteiger partial charge in [0.15, 0.2) is 5.82 Å². The van der Waals surface area contributed by atoms with Crippen LogP contribution in [0.2, 0.25) is 0 Å². The fraction of sp³-hybridized carbons (Fsp3) is 0.467. The Hall–Kier alpha value is -1.72. The average molecular weight is 275 g/mol. The van der Waals surface area contributed by atoms with E-state index in [4.69, 9.17) is 15.0 Å². The average Bonchev–Trinajstić information content (AvgIpc) is 2.89. The highest BCUT2D eigenvalue weighted by Crippen LogP contribution is 2.15. The standard InChI is InChI=1S/C15H21N3O2/c1-10-4-5-12(8-11(10)2)9-14-17-15(20-18-14)13(16)6-7-19-3/h4-5,8,13H,6-7,9,16H2,1-3H3. The van der Waals surface area contributed by atoms with Crippen LogP contribution in [0.5, 0.6) is 0 Å². The van der Waals surface area contributed by atoms with Crippen molar-refractivity contribution in [3.05, 3.63) is 46.6 Å². The monoisotopic (exact) mass is 275 g/mol. The van der Waals surface area contributed by atoms with Gasteiger partial charge in [-0.05, 0) is 37.0 Å². The fourth-order valence-electron chi connectivity index (χ4n) is 1.95. The van der Waals surface area contributed by atoms with Crippen LogP contribution in [-0.2, 0) is 11.2 Å². The van der Waals surface area contributed by atoms with E-state index in [9.17, 15) is 0 Å². The summed E-state index contributed by atoms with van der Waals surface area (Å²) >= 11 is 0. The van der Waals surface area contributed by atoms with Crippen LogP contribution < -0.4 is 5.73 Å². The van der Waals surface area contributed by atoms with Crippen molar-refractivity contribution < 1.29 is 9.26 Å². The Morgan fingerprint density at radius 2 is 2.10 bits per heavy atom. The number of aromatic nitrogens is 2. The molecule has 108 valence electrons. The molecule has 0 radical (unpaired) electrons. The maximum absolute atomic E-state index is 5.96. The van der Waals surface area contributed by atoms with Crippen molar-refractivity contribution in [3.63, 3.8) is 0 Å². The molecule has 1 unspecified atom stereocenters.